The van der Waals surface area contributed by atoms with E-state index in [4.69, 9.17) is 11.6 Å². The maximum absolute atomic E-state index is 12.3. The Balaban J connectivity index is 1.60. The van der Waals surface area contributed by atoms with Crippen LogP contribution in [-0.2, 0) is 11.3 Å². The highest BCUT2D eigenvalue weighted by Gasteiger charge is 2.29. The van der Waals surface area contributed by atoms with E-state index in [1.165, 1.54) is 4.90 Å². The van der Waals surface area contributed by atoms with Crippen LogP contribution in [0.2, 0.25) is 5.02 Å². The molecule has 1 aromatic carbocycles. The third-order valence-electron chi connectivity index (χ3n) is 3.77. The van der Waals surface area contributed by atoms with E-state index >= 15 is 0 Å². The Bertz CT molecular complexity index is 743. The Morgan fingerprint density at radius 3 is 2.83 bits per heavy atom. The number of imide groups is 1. The molecule has 2 aromatic rings. The molecule has 1 aromatic heterocycles. The number of aromatic nitrogens is 2. The smallest absolute Gasteiger partial charge is 0.324 e. The number of urea groups is 1. The van der Waals surface area contributed by atoms with Gasteiger partial charge in [-0.3, -0.25) is 14.4 Å². The number of carbonyl (C=O) groups excluding carboxylic acids is 2. The van der Waals surface area contributed by atoms with Gasteiger partial charge < -0.3 is 10.6 Å². The highest BCUT2D eigenvalue weighted by molar-refractivity contribution is 6.30. The summed E-state index contributed by atoms with van der Waals surface area (Å²) in [6.45, 7) is 3.23. The molecule has 1 atom stereocenters. The van der Waals surface area contributed by atoms with Crippen LogP contribution in [0.5, 0.6) is 0 Å². The second-order valence-corrected chi connectivity index (χ2v) is 6.08. The summed E-state index contributed by atoms with van der Waals surface area (Å²) in [5.74, 6) is -0.254. The summed E-state index contributed by atoms with van der Waals surface area (Å²) in [5.41, 5.74) is 1.80. The summed E-state index contributed by atoms with van der Waals surface area (Å²) in [6, 6.07) is 6.70. The van der Waals surface area contributed by atoms with Crippen LogP contribution in [0, 0.1) is 0 Å². The summed E-state index contributed by atoms with van der Waals surface area (Å²) in [7, 11) is 0. The lowest BCUT2D eigenvalue weighted by molar-refractivity contribution is -0.128. The van der Waals surface area contributed by atoms with Gasteiger partial charge in [0.15, 0.2) is 0 Å². The minimum Gasteiger partial charge on any atom is -0.371 e. The van der Waals surface area contributed by atoms with Crippen LogP contribution >= 0.6 is 11.6 Å². The van der Waals surface area contributed by atoms with Gasteiger partial charge in [0.25, 0.3) is 5.91 Å². The van der Waals surface area contributed by atoms with Crippen molar-refractivity contribution in [1.82, 2.24) is 20.0 Å². The van der Waals surface area contributed by atoms with Crippen LogP contribution in [0.4, 0.5) is 10.5 Å². The van der Waals surface area contributed by atoms with Crippen molar-refractivity contribution >= 4 is 29.2 Å². The molecule has 3 rings (SSSR count). The first kappa shape index (κ1) is 16.3. The fourth-order valence-electron chi connectivity index (χ4n) is 2.53. The fraction of sp³-hybridized carbons (Fsp3) is 0.312. The van der Waals surface area contributed by atoms with Crippen molar-refractivity contribution in [3.8, 4) is 0 Å². The molecule has 24 heavy (non-hydrogen) atoms. The monoisotopic (exact) mass is 347 g/mol. The number of hydrogen-bond donors (Lipinski definition) is 2. The predicted octanol–water partition coefficient (Wildman–Crippen LogP) is 1.94. The van der Waals surface area contributed by atoms with Gasteiger partial charge in [-0.15, -0.1) is 0 Å². The van der Waals surface area contributed by atoms with Gasteiger partial charge in [-0.05, 0) is 24.6 Å². The first-order valence-corrected chi connectivity index (χ1v) is 8.03. The molecule has 1 saturated heterocycles. The number of halogens is 1. The molecule has 1 aliphatic rings. The van der Waals surface area contributed by atoms with Crippen molar-refractivity contribution in [3.63, 3.8) is 0 Å². The molecule has 0 spiro atoms. The number of nitrogens with one attached hydrogen (secondary N) is 2. The van der Waals surface area contributed by atoms with Gasteiger partial charge >= 0.3 is 6.03 Å². The van der Waals surface area contributed by atoms with Crippen LogP contribution in [0.1, 0.15) is 12.5 Å². The van der Waals surface area contributed by atoms with Gasteiger partial charge in [0.2, 0.25) is 0 Å². The third-order valence-corrected chi connectivity index (χ3v) is 4.02. The number of benzene rings is 1. The Morgan fingerprint density at radius 1 is 1.42 bits per heavy atom. The van der Waals surface area contributed by atoms with E-state index in [0.717, 1.165) is 11.3 Å². The molecule has 2 N–H and O–H groups in total. The number of carbonyl (C=O) groups is 2. The first-order valence-electron chi connectivity index (χ1n) is 7.65. The second-order valence-electron chi connectivity index (χ2n) is 5.64. The van der Waals surface area contributed by atoms with Gasteiger partial charge in [0.05, 0.1) is 18.4 Å². The standard InChI is InChI=1S/C16H18ClN5O2/c1-11(15(23)22-7-6-18-16(22)24)20-14-8-19-21(10-14)9-12-2-4-13(17)5-3-12/h2-5,8,10-11,20H,6-7,9H2,1H3,(H,18,24)/t11-/m1/s1. The zero-order valence-corrected chi connectivity index (χ0v) is 14.0. The largest absolute Gasteiger partial charge is 0.371 e. The summed E-state index contributed by atoms with van der Waals surface area (Å²) >= 11 is 5.87. The molecule has 0 aliphatic carbocycles. The van der Waals surface area contributed by atoms with Crippen LogP contribution in [-0.4, -0.2) is 45.8 Å². The van der Waals surface area contributed by atoms with Crippen LogP contribution < -0.4 is 10.6 Å². The zero-order chi connectivity index (χ0) is 17.1. The minimum atomic E-state index is -0.512. The topological polar surface area (TPSA) is 79.3 Å². The van der Waals surface area contributed by atoms with E-state index in [0.29, 0.717) is 24.7 Å². The summed E-state index contributed by atoms with van der Waals surface area (Å²) in [6.07, 6.45) is 3.48. The molecule has 0 bridgehead atoms. The molecule has 126 valence electrons. The lowest BCUT2D eigenvalue weighted by Crippen LogP contribution is -2.43. The fourth-order valence-corrected chi connectivity index (χ4v) is 2.65. The average Bonchev–Trinajstić information content (AvgIpc) is 3.18. The lowest BCUT2D eigenvalue weighted by Gasteiger charge is -2.18. The summed E-state index contributed by atoms with van der Waals surface area (Å²) in [5, 5.41) is 10.7. The lowest BCUT2D eigenvalue weighted by atomic mass is 10.2. The van der Waals surface area contributed by atoms with E-state index in [1.807, 2.05) is 30.5 Å². The summed E-state index contributed by atoms with van der Waals surface area (Å²) < 4.78 is 1.77. The molecule has 0 unspecified atom stereocenters. The Morgan fingerprint density at radius 2 is 2.17 bits per heavy atom. The van der Waals surface area contributed by atoms with Gasteiger partial charge in [0.1, 0.15) is 6.04 Å². The van der Waals surface area contributed by atoms with E-state index in [2.05, 4.69) is 15.7 Å². The van der Waals surface area contributed by atoms with Gasteiger partial charge in [-0.25, -0.2) is 4.79 Å². The van der Waals surface area contributed by atoms with E-state index < -0.39 is 6.04 Å². The molecule has 1 aliphatic heterocycles. The highest BCUT2D eigenvalue weighted by atomic mass is 35.5. The molecule has 3 amide bonds. The van der Waals surface area contributed by atoms with Crippen molar-refractivity contribution in [2.45, 2.75) is 19.5 Å². The quantitative estimate of drug-likeness (QED) is 0.866. The number of rotatable bonds is 5. The highest BCUT2D eigenvalue weighted by Crippen LogP contribution is 2.13. The van der Waals surface area contributed by atoms with E-state index in [9.17, 15) is 9.59 Å². The van der Waals surface area contributed by atoms with Crippen molar-refractivity contribution in [2.75, 3.05) is 18.4 Å². The molecule has 0 radical (unpaired) electrons. The van der Waals surface area contributed by atoms with Crippen molar-refractivity contribution < 1.29 is 9.59 Å². The normalized spacial score (nSPS) is 15.2. The maximum Gasteiger partial charge on any atom is 0.324 e. The molecule has 8 heteroatoms. The van der Waals surface area contributed by atoms with Crippen molar-refractivity contribution in [2.24, 2.45) is 0 Å². The first-order chi connectivity index (χ1) is 11.5. The SMILES string of the molecule is C[C@@H](Nc1cnn(Cc2ccc(Cl)cc2)c1)C(=O)N1CCNC1=O. The average molecular weight is 348 g/mol. The number of hydrogen-bond acceptors (Lipinski definition) is 4. The number of anilines is 1. The Kier molecular flexibility index (Phi) is 4.71. The van der Waals surface area contributed by atoms with E-state index in [1.54, 1.807) is 17.8 Å². The Hall–Kier alpha value is -2.54. The second kappa shape index (κ2) is 6.92. The molecule has 7 nitrogen and oxygen atoms in total. The van der Waals surface area contributed by atoms with Gasteiger partial charge in [0, 0.05) is 24.3 Å². The molecular formula is C16H18ClN5O2. The van der Waals surface area contributed by atoms with Crippen LogP contribution in [0.3, 0.4) is 0 Å². The third kappa shape index (κ3) is 3.68. The maximum atomic E-state index is 12.3. The predicted molar refractivity (Wildman–Crippen MR) is 91.0 cm³/mol. The molecular weight excluding hydrogens is 330 g/mol. The van der Waals surface area contributed by atoms with Gasteiger partial charge in [-0.2, -0.15) is 5.10 Å². The van der Waals surface area contributed by atoms with E-state index in [-0.39, 0.29) is 11.9 Å². The number of amides is 3. The van der Waals surface area contributed by atoms with Crippen LogP contribution in [0.25, 0.3) is 0 Å². The Labute approximate surface area is 144 Å². The zero-order valence-electron chi connectivity index (χ0n) is 13.2. The molecule has 1 fully saturated rings. The van der Waals surface area contributed by atoms with Crippen LogP contribution in [0.15, 0.2) is 36.7 Å². The number of nitrogens with zero attached hydrogens (tertiary/aromatic N) is 3. The van der Waals surface area contributed by atoms with Crippen molar-refractivity contribution in [3.05, 3.63) is 47.2 Å². The molecule has 2 heterocycles. The van der Waals surface area contributed by atoms with Crippen molar-refractivity contribution in [1.29, 1.82) is 0 Å². The molecule has 0 saturated carbocycles. The summed E-state index contributed by atoms with van der Waals surface area (Å²) in [4.78, 5) is 25.0. The van der Waals surface area contributed by atoms with Gasteiger partial charge in [-0.1, -0.05) is 23.7 Å². The minimum absolute atomic E-state index is 0.254.